The maximum Gasteiger partial charge on any atom is 0.264 e. The molecule has 2 fully saturated rings. The zero-order valence-corrected chi connectivity index (χ0v) is 25.6. The van der Waals surface area contributed by atoms with Crippen molar-refractivity contribution in [2.24, 2.45) is 11.8 Å². The van der Waals surface area contributed by atoms with E-state index >= 15 is 0 Å². The van der Waals surface area contributed by atoms with Crippen molar-refractivity contribution in [3.8, 4) is 5.75 Å². The number of β-amino-alcohol motifs (C(OH)–C–C–N with tert-alkyl or cyclic N) is 1. The van der Waals surface area contributed by atoms with E-state index in [1.54, 1.807) is 36.9 Å². The van der Waals surface area contributed by atoms with E-state index in [4.69, 9.17) is 0 Å². The number of aliphatic hydroxyl groups is 1. The van der Waals surface area contributed by atoms with Gasteiger partial charge in [0, 0.05) is 40.9 Å². The van der Waals surface area contributed by atoms with Crippen molar-refractivity contribution in [2.75, 3.05) is 32.2 Å². The summed E-state index contributed by atoms with van der Waals surface area (Å²) in [5.74, 6) is 1.98. The first kappa shape index (κ1) is 32.4. The number of aromatic hydroxyl groups is 1. The number of benzene rings is 2. The molecule has 1 saturated heterocycles. The molecule has 2 aromatic rings. The van der Waals surface area contributed by atoms with E-state index in [9.17, 15) is 23.4 Å². The molecule has 2 aliphatic rings. The molecule has 0 radical (unpaired) electrons. The molecule has 1 aliphatic heterocycles. The van der Waals surface area contributed by atoms with E-state index in [2.05, 4.69) is 21.3 Å². The number of rotatable bonds is 9. The molecule has 3 N–H and O–H groups in total. The number of phenolic OH excluding ortho intramolecular Hbond substituents is 1. The van der Waals surface area contributed by atoms with Crippen molar-refractivity contribution in [3.05, 3.63) is 59.7 Å². The number of nitrogens with zero attached hydrogens (tertiary/aromatic N) is 1. The van der Waals surface area contributed by atoms with E-state index in [0.717, 1.165) is 36.6 Å². The van der Waals surface area contributed by atoms with Gasteiger partial charge in [0.25, 0.3) is 16.0 Å². The minimum absolute atomic E-state index is 0.104. The van der Waals surface area contributed by atoms with E-state index in [0.29, 0.717) is 29.5 Å². The van der Waals surface area contributed by atoms with Crippen molar-refractivity contribution in [1.29, 1.82) is 0 Å². The zero-order chi connectivity index (χ0) is 29.3. The Bertz CT molecular complexity index is 1190. The van der Waals surface area contributed by atoms with E-state index in [1.807, 2.05) is 30.3 Å². The van der Waals surface area contributed by atoms with Gasteiger partial charge in [-0.05, 0) is 62.8 Å². The first-order chi connectivity index (χ1) is 19.0. The maximum absolute atomic E-state index is 13.1. The predicted octanol–water partition coefficient (Wildman–Crippen LogP) is 4.45. The fraction of sp³-hybridized carbons (Fsp3) is 0.567. The Labute approximate surface area is 243 Å². The molecule has 1 saturated carbocycles. The number of fused-ring (bicyclic) bond motifs is 1. The van der Waals surface area contributed by atoms with Gasteiger partial charge in [-0.3, -0.25) is 13.9 Å². The zero-order valence-electron chi connectivity index (χ0n) is 24.0. The van der Waals surface area contributed by atoms with Gasteiger partial charge in [-0.25, -0.2) is 0 Å². The Kier molecular flexibility index (Phi) is 12.3. The van der Waals surface area contributed by atoms with E-state index in [1.165, 1.54) is 32.1 Å². The molecule has 10 heteroatoms. The second kappa shape index (κ2) is 15.2. The topological polar surface area (TPSA) is 116 Å². The number of nitrogens with one attached hydrogen (secondary N) is 1. The van der Waals surface area contributed by atoms with Gasteiger partial charge in [0.05, 0.1) is 25.5 Å². The van der Waals surface area contributed by atoms with E-state index < -0.39 is 22.3 Å². The van der Waals surface area contributed by atoms with Crippen LogP contribution in [0.3, 0.4) is 0 Å². The lowest BCUT2D eigenvalue weighted by atomic mass is 9.73. The molecule has 222 valence electrons. The molecular formula is C30H44N2O6S2. The number of amides is 1. The van der Waals surface area contributed by atoms with Crippen molar-refractivity contribution in [3.63, 3.8) is 0 Å². The average Bonchev–Trinajstić information content (AvgIpc) is 2.93. The maximum atomic E-state index is 13.1. The molecule has 1 amide bonds. The van der Waals surface area contributed by atoms with Crippen LogP contribution in [0.5, 0.6) is 5.75 Å². The Hall–Kier alpha value is -2.11. The number of piperidine rings is 1. The Morgan fingerprint density at radius 3 is 2.42 bits per heavy atom. The van der Waals surface area contributed by atoms with Gasteiger partial charge in [-0.15, -0.1) is 11.8 Å². The monoisotopic (exact) mass is 592 g/mol. The summed E-state index contributed by atoms with van der Waals surface area (Å²) < 4.78 is 23.5. The van der Waals surface area contributed by atoms with Crippen LogP contribution in [0, 0.1) is 18.8 Å². The van der Waals surface area contributed by atoms with Crippen molar-refractivity contribution < 1.29 is 27.6 Å². The number of likely N-dealkylation sites (tertiary alicyclic amines) is 1. The largest absolute Gasteiger partial charge is 0.508 e. The summed E-state index contributed by atoms with van der Waals surface area (Å²) in [5, 5.41) is 24.5. The van der Waals surface area contributed by atoms with E-state index in [-0.39, 0.29) is 11.7 Å². The number of hydrogen-bond donors (Lipinski definition) is 3. The van der Waals surface area contributed by atoms with Crippen LogP contribution in [0.1, 0.15) is 54.9 Å². The lowest BCUT2D eigenvalue weighted by Gasteiger charge is -2.46. The van der Waals surface area contributed by atoms with Crippen LogP contribution in [-0.4, -0.2) is 79.8 Å². The highest BCUT2D eigenvalue weighted by molar-refractivity contribution is 7.99. The van der Waals surface area contributed by atoms with Crippen LogP contribution in [0.25, 0.3) is 0 Å². The Balaban J connectivity index is 0.000000663. The summed E-state index contributed by atoms with van der Waals surface area (Å²) in [6.45, 7) is 5.62. The molecule has 2 aromatic carbocycles. The van der Waals surface area contributed by atoms with Gasteiger partial charge >= 0.3 is 0 Å². The van der Waals surface area contributed by atoms with Gasteiger partial charge in [0.15, 0.2) is 0 Å². The first-order valence-corrected chi connectivity index (χ1v) is 16.7. The van der Waals surface area contributed by atoms with Gasteiger partial charge < -0.3 is 15.5 Å². The highest BCUT2D eigenvalue weighted by Crippen LogP contribution is 2.38. The highest BCUT2D eigenvalue weighted by Gasteiger charge is 2.36. The molecule has 4 rings (SSSR count). The van der Waals surface area contributed by atoms with Crippen molar-refractivity contribution in [2.45, 2.75) is 69.0 Å². The third-order valence-electron chi connectivity index (χ3n) is 8.03. The van der Waals surface area contributed by atoms with Crippen LogP contribution < -0.4 is 5.32 Å². The SMILES string of the molecule is COS(C)(=O)=O.Cc1c(O)cccc1C(=O)N[C@@H](CSc1ccccc1)[C@H](O)CN1C[C@H]2CCCC[C@H]2C[C@H]1C. The second-order valence-electron chi connectivity index (χ2n) is 10.9. The van der Waals surface area contributed by atoms with Crippen LogP contribution >= 0.6 is 11.8 Å². The van der Waals surface area contributed by atoms with Gasteiger partial charge in [0.1, 0.15) is 5.75 Å². The number of phenols is 1. The summed E-state index contributed by atoms with van der Waals surface area (Å²) in [6.07, 6.45) is 6.84. The molecule has 40 heavy (non-hydrogen) atoms. The summed E-state index contributed by atoms with van der Waals surface area (Å²) >= 11 is 1.64. The highest BCUT2D eigenvalue weighted by atomic mass is 32.2. The smallest absolute Gasteiger partial charge is 0.264 e. The fourth-order valence-corrected chi connectivity index (χ4v) is 6.62. The van der Waals surface area contributed by atoms with Crippen LogP contribution in [0.4, 0.5) is 0 Å². The second-order valence-corrected chi connectivity index (χ2v) is 13.8. The molecular weight excluding hydrogens is 548 g/mol. The fourth-order valence-electron chi connectivity index (χ4n) is 5.59. The lowest BCUT2D eigenvalue weighted by Crippen LogP contribution is -2.54. The van der Waals surface area contributed by atoms with Gasteiger partial charge in [-0.1, -0.05) is 43.5 Å². The van der Waals surface area contributed by atoms with Crippen LogP contribution in [0.2, 0.25) is 0 Å². The van der Waals surface area contributed by atoms with Gasteiger partial charge in [0.2, 0.25) is 0 Å². The summed E-state index contributed by atoms with van der Waals surface area (Å²) in [5.41, 5.74) is 0.996. The van der Waals surface area contributed by atoms with Crippen molar-refractivity contribution >= 4 is 27.8 Å². The van der Waals surface area contributed by atoms with Crippen LogP contribution in [-0.2, 0) is 14.3 Å². The minimum Gasteiger partial charge on any atom is -0.508 e. The standard InChI is InChI=1S/C28H38N2O3S.C2H6O3S/c1-19-15-21-9-6-7-10-22(21)16-30(19)17-27(32)25(18-34-23-11-4-3-5-12-23)29-28(33)24-13-8-14-26(31)20(24)2;1-5-6(2,3)4/h3-5,8,11-14,19,21-22,25,27,31-32H,6-7,9-10,15-18H2,1-2H3,(H,29,33);1-2H3/t19-,21+,22-,25+,27-;/m1./s1. The van der Waals surface area contributed by atoms with Gasteiger partial charge in [-0.2, -0.15) is 8.42 Å². The third kappa shape index (κ3) is 9.76. The molecule has 0 bridgehead atoms. The Morgan fingerprint density at radius 1 is 1.12 bits per heavy atom. The minimum atomic E-state index is -3.16. The number of thioether (sulfide) groups is 1. The van der Waals surface area contributed by atoms with Crippen LogP contribution in [0.15, 0.2) is 53.4 Å². The molecule has 1 aliphatic carbocycles. The summed E-state index contributed by atoms with van der Waals surface area (Å²) in [6, 6.07) is 15.1. The molecule has 0 aromatic heterocycles. The average molecular weight is 593 g/mol. The molecule has 5 atom stereocenters. The Morgan fingerprint density at radius 2 is 1.77 bits per heavy atom. The number of aliphatic hydroxyl groups excluding tert-OH is 1. The molecule has 0 unspecified atom stereocenters. The number of carbonyl (C=O) groups is 1. The molecule has 8 nitrogen and oxygen atoms in total. The third-order valence-corrected chi connectivity index (χ3v) is 9.77. The first-order valence-electron chi connectivity index (χ1n) is 13.9. The summed E-state index contributed by atoms with van der Waals surface area (Å²) in [4.78, 5) is 16.7. The normalized spacial score (nSPS) is 22.8. The van der Waals surface area contributed by atoms with Crippen molar-refractivity contribution in [1.82, 2.24) is 10.2 Å². The number of carbonyl (C=O) groups excluding carboxylic acids is 1. The lowest BCUT2D eigenvalue weighted by molar-refractivity contribution is 0.00588. The quantitative estimate of drug-likeness (QED) is 0.289. The summed E-state index contributed by atoms with van der Waals surface area (Å²) in [7, 11) is -2.04. The number of hydrogen-bond acceptors (Lipinski definition) is 8. The molecule has 1 heterocycles. The molecule has 0 spiro atoms. The predicted molar refractivity (Wildman–Crippen MR) is 160 cm³/mol.